The van der Waals surface area contributed by atoms with Crippen LogP contribution in [-0.4, -0.2) is 29.9 Å². The van der Waals surface area contributed by atoms with Gasteiger partial charge in [-0.05, 0) is 30.7 Å². The van der Waals surface area contributed by atoms with E-state index in [2.05, 4.69) is 17.5 Å². The minimum absolute atomic E-state index is 0.196. The van der Waals surface area contributed by atoms with E-state index in [9.17, 15) is 4.79 Å². The molecule has 1 aromatic rings. The van der Waals surface area contributed by atoms with Crippen LogP contribution in [0.3, 0.4) is 0 Å². The van der Waals surface area contributed by atoms with Crippen LogP contribution in [0.4, 0.5) is 0 Å². The molecule has 1 fully saturated rings. The molecule has 16 heavy (non-hydrogen) atoms. The minimum Gasteiger partial charge on any atom is -0.341 e. The van der Waals surface area contributed by atoms with E-state index in [4.69, 9.17) is 5.73 Å². The van der Waals surface area contributed by atoms with Crippen LogP contribution in [-0.2, 0) is 11.2 Å². The Balaban J connectivity index is 1.68. The average Bonchev–Trinajstić information content (AvgIpc) is 2.89. The Bertz CT molecular complexity index is 337. The third-order valence-corrected chi connectivity index (χ3v) is 3.91. The van der Waals surface area contributed by atoms with Gasteiger partial charge in [-0.15, -0.1) is 11.3 Å². The summed E-state index contributed by atoms with van der Waals surface area (Å²) >= 11 is 1.76. The fourth-order valence-electron chi connectivity index (χ4n) is 2.04. The summed E-state index contributed by atoms with van der Waals surface area (Å²) in [5, 5.41) is 2.08. The maximum Gasteiger partial charge on any atom is 0.222 e. The van der Waals surface area contributed by atoms with Gasteiger partial charge < -0.3 is 10.6 Å². The zero-order chi connectivity index (χ0) is 11.4. The quantitative estimate of drug-likeness (QED) is 0.866. The summed E-state index contributed by atoms with van der Waals surface area (Å²) in [5.41, 5.74) is 5.78. The summed E-state index contributed by atoms with van der Waals surface area (Å²) in [6.45, 7) is 1.59. The zero-order valence-electron chi connectivity index (χ0n) is 9.39. The number of carbonyl (C=O) groups excluding carboxylic acids is 1. The van der Waals surface area contributed by atoms with E-state index in [1.165, 1.54) is 4.88 Å². The monoisotopic (exact) mass is 238 g/mol. The second kappa shape index (κ2) is 5.46. The van der Waals surface area contributed by atoms with Crippen molar-refractivity contribution in [2.75, 3.05) is 13.1 Å². The van der Waals surface area contributed by atoms with Gasteiger partial charge in [0.25, 0.3) is 0 Å². The number of rotatable bonds is 4. The largest absolute Gasteiger partial charge is 0.341 e. The van der Waals surface area contributed by atoms with Gasteiger partial charge in [0, 0.05) is 30.4 Å². The van der Waals surface area contributed by atoms with Gasteiger partial charge in [-0.25, -0.2) is 0 Å². The average molecular weight is 238 g/mol. The number of aryl methyl sites for hydroxylation is 1. The van der Waals surface area contributed by atoms with Gasteiger partial charge in [0.15, 0.2) is 0 Å². The molecular weight excluding hydrogens is 220 g/mol. The van der Waals surface area contributed by atoms with Crippen molar-refractivity contribution in [1.82, 2.24) is 4.90 Å². The molecule has 0 unspecified atom stereocenters. The third kappa shape index (κ3) is 3.06. The Labute approximate surface area is 100 Å². The van der Waals surface area contributed by atoms with E-state index < -0.39 is 0 Å². The van der Waals surface area contributed by atoms with Crippen molar-refractivity contribution < 1.29 is 4.79 Å². The molecule has 88 valence electrons. The van der Waals surface area contributed by atoms with Crippen molar-refractivity contribution in [2.24, 2.45) is 5.73 Å². The molecule has 1 saturated heterocycles. The minimum atomic E-state index is 0.196. The Kier molecular flexibility index (Phi) is 3.96. The highest BCUT2D eigenvalue weighted by molar-refractivity contribution is 7.09. The number of nitrogens with two attached hydrogens (primary N) is 1. The topological polar surface area (TPSA) is 46.3 Å². The van der Waals surface area contributed by atoms with E-state index in [0.717, 1.165) is 32.4 Å². The molecule has 1 aliphatic heterocycles. The number of carbonyl (C=O) groups is 1. The summed E-state index contributed by atoms with van der Waals surface area (Å²) in [4.78, 5) is 15.1. The highest BCUT2D eigenvalue weighted by Crippen LogP contribution is 2.14. The van der Waals surface area contributed by atoms with E-state index in [-0.39, 0.29) is 11.9 Å². The molecule has 3 nitrogen and oxygen atoms in total. The first kappa shape index (κ1) is 11.6. The van der Waals surface area contributed by atoms with Crippen molar-refractivity contribution in [1.29, 1.82) is 0 Å². The molecule has 1 atom stereocenters. The lowest BCUT2D eigenvalue weighted by atomic mass is 10.2. The second-order valence-corrected chi connectivity index (χ2v) is 5.35. The van der Waals surface area contributed by atoms with Gasteiger partial charge in [-0.3, -0.25) is 4.79 Å². The standard InChI is InChI=1S/C12H18N2OS/c13-10-6-7-14(9-10)12(15)5-1-3-11-4-2-8-16-11/h2,4,8,10H,1,3,5-7,9,13H2/t10-/m1/s1. The highest BCUT2D eigenvalue weighted by atomic mass is 32.1. The first-order valence-corrected chi connectivity index (χ1v) is 6.69. The third-order valence-electron chi connectivity index (χ3n) is 2.97. The van der Waals surface area contributed by atoms with Gasteiger partial charge >= 0.3 is 0 Å². The highest BCUT2D eigenvalue weighted by Gasteiger charge is 2.22. The fraction of sp³-hybridized carbons (Fsp3) is 0.583. The maximum atomic E-state index is 11.8. The predicted molar refractivity (Wildman–Crippen MR) is 66.4 cm³/mol. The summed E-state index contributed by atoms with van der Waals surface area (Å²) in [6.07, 6.45) is 3.58. The van der Waals surface area contributed by atoms with Crippen LogP contribution in [0.2, 0.25) is 0 Å². The Morgan fingerprint density at radius 1 is 1.62 bits per heavy atom. The number of amides is 1. The van der Waals surface area contributed by atoms with E-state index >= 15 is 0 Å². The Morgan fingerprint density at radius 2 is 2.50 bits per heavy atom. The van der Waals surface area contributed by atoms with Crippen LogP contribution >= 0.6 is 11.3 Å². The van der Waals surface area contributed by atoms with Crippen molar-refractivity contribution in [3.8, 4) is 0 Å². The van der Waals surface area contributed by atoms with Crippen molar-refractivity contribution in [3.63, 3.8) is 0 Å². The summed E-state index contributed by atoms with van der Waals surface area (Å²) in [5.74, 6) is 0.268. The van der Waals surface area contributed by atoms with Gasteiger partial charge in [-0.1, -0.05) is 6.07 Å². The lowest BCUT2D eigenvalue weighted by Gasteiger charge is -2.15. The second-order valence-electron chi connectivity index (χ2n) is 4.32. The molecule has 2 heterocycles. The molecule has 1 aromatic heterocycles. The lowest BCUT2D eigenvalue weighted by Crippen LogP contribution is -2.31. The first-order valence-electron chi connectivity index (χ1n) is 5.81. The molecule has 0 radical (unpaired) electrons. The first-order chi connectivity index (χ1) is 7.75. The number of thiophene rings is 1. The molecule has 0 spiro atoms. The van der Waals surface area contributed by atoms with Crippen LogP contribution < -0.4 is 5.73 Å². The van der Waals surface area contributed by atoms with Crippen LogP contribution in [0.15, 0.2) is 17.5 Å². The van der Waals surface area contributed by atoms with Crippen LogP contribution in [0.1, 0.15) is 24.1 Å². The van der Waals surface area contributed by atoms with E-state index in [1.54, 1.807) is 11.3 Å². The molecular formula is C12H18N2OS. The molecule has 0 aliphatic carbocycles. The van der Waals surface area contributed by atoms with Crippen LogP contribution in [0, 0.1) is 0 Å². The van der Waals surface area contributed by atoms with Gasteiger partial charge in [0.1, 0.15) is 0 Å². The molecule has 1 amide bonds. The van der Waals surface area contributed by atoms with Gasteiger partial charge in [0.2, 0.25) is 5.91 Å². The number of hydrogen-bond donors (Lipinski definition) is 1. The molecule has 4 heteroatoms. The number of nitrogens with zero attached hydrogens (tertiary/aromatic N) is 1. The normalized spacial score (nSPS) is 20.3. The molecule has 0 bridgehead atoms. The molecule has 0 saturated carbocycles. The summed E-state index contributed by atoms with van der Waals surface area (Å²) < 4.78 is 0. The molecule has 2 rings (SSSR count). The summed E-state index contributed by atoms with van der Waals surface area (Å²) in [7, 11) is 0. The lowest BCUT2D eigenvalue weighted by molar-refractivity contribution is -0.130. The smallest absolute Gasteiger partial charge is 0.222 e. The predicted octanol–water partition coefficient (Wildman–Crippen LogP) is 1.63. The Hall–Kier alpha value is -0.870. The van der Waals surface area contributed by atoms with Crippen LogP contribution in [0.25, 0.3) is 0 Å². The van der Waals surface area contributed by atoms with Crippen LogP contribution in [0.5, 0.6) is 0 Å². The van der Waals surface area contributed by atoms with Crippen molar-refractivity contribution >= 4 is 17.2 Å². The van der Waals surface area contributed by atoms with E-state index in [1.807, 2.05) is 4.90 Å². The molecule has 2 N–H and O–H groups in total. The molecule has 0 aromatic carbocycles. The number of hydrogen-bond acceptors (Lipinski definition) is 3. The van der Waals surface area contributed by atoms with Crippen molar-refractivity contribution in [3.05, 3.63) is 22.4 Å². The zero-order valence-corrected chi connectivity index (χ0v) is 10.2. The SMILES string of the molecule is N[C@@H]1CCN(C(=O)CCCc2cccs2)C1. The molecule has 1 aliphatic rings. The summed E-state index contributed by atoms with van der Waals surface area (Å²) in [6, 6.07) is 4.38. The van der Waals surface area contributed by atoms with Gasteiger partial charge in [0.05, 0.1) is 0 Å². The van der Waals surface area contributed by atoms with Gasteiger partial charge in [-0.2, -0.15) is 0 Å². The van der Waals surface area contributed by atoms with E-state index in [0.29, 0.717) is 6.42 Å². The van der Waals surface area contributed by atoms with Crippen molar-refractivity contribution in [2.45, 2.75) is 31.7 Å². The number of likely N-dealkylation sites (tertiary alicyclic amines) is 1. The Morgan fingerprint density at radius 3 is 3.12 bits per heavy atom. The fourth-order valence-corrected chi connectivity index (χ4v) is 2.79. The maximum absolute atomic E-state index is 11.8.